The number of ether oxygens (including phenoxy) is 2. The molecular weight excluding hydrogens is 404 g/mol. The fourth-order valence-corrected chi connectivity index (χ4v) is 4.93. The van der Waals surface area contributed by atoms with Gasteiger partial charge in [-0.1, -0.05) is 25.5 Å². The van der Waals surface area contributed by atoms with E-state index in [-0.39, 0.29) is 11.5 Å². The molecule has 7 nitrogen and oxygen atoms in total. The molecule has 8 heteroatoms. The molecule has 1 amide bonds. The van der Waals surface area contributed by atoms with Gasteiger partial charge < -0.3 is 14.8 Å². The summed E-state index contributed by atoms with van der Waals surface area (Å²) in [5.74, 6) is 0.592. The molecule has 0 unspecified atom stereocenters. The number of anilines is 1. The highest BCUT2D eigenvalue weighted by Crippen LogP contribution is 2.30. The Hall–Kier alpha value is -2.58. The molecular formula is C22H28N2O5S. The van der Waals surface area contributed by atoms with Crippen LogP contribution in [0.1, 0.15) is 31.7 Å². The van der Waals surface area contributed by atoms with Gasteiger partial charge in [0.05, 0.1) is 17.7 Å². The Morgan fingerprint density at radius 1 is 1.10 bits per heavy atom. The number of aryl methyl sites for hydroxylation is 1. The van der Waals surface area contributed by atoms with Gasteiger partial charge in [-0.3, -0.25) is 4.79 Å². The molecule has 1 N–H and O–H groups in total. The van der Waals surface area contributed by atoms with Crippen LogP contribution in [0.4, 0.5) is 5.69 Å². The van der Waals surface area contributed by atoms with Crippen LogP contribution in [0.25, 0.3) is 0 Å². The molecule has 1 aliphatic heterocycles. The average molecular weight is 433 g/mol. The lowest BCUT2D eigenvalue weighted by Crippen LogP contribution is -2.35. The first-order chi connectivity index (χ1) is 14.4. The maximum absolute atomic E-state index is 12.9. The summed E-state index contributed by atoms with van der Waals surface area (Å²) in [4.78, 5) is 12.6. The monoisotopic (exact) mass is 432 g/mol. The van der Waals surface area contributed by atoms with E-state index in [0.717, 1.165) is 31.2 Å². The highest BCUT2D eigenvalue weighted by molar-refractivity contribution is 7.89. The minimum absolute atomic E-state index is 0.136. The number of benzene rings is 2. The molecule has 0 atom stereocenters. The molecule has 0 bridgehead atoms. The maximum Gasteiger partial charge on any atom is 0.262 e. The summed E-state index contributed by atoms with van der Waals surface area (Å²) < 4.78 is 38.2. The summed E-state index contributed by atoms with van der Waals surface area (Å²) in [6.45, 7) is 2.88. The predicted octanol–water partition coefficient (Wildman–Crippen LogP) is 3.45. The average Bonchev–Trinajstić information content (AvgIpc) is 2.78. The van der Waals surface area contributed by atoms with Crippen LogP contribution in [-0.4, -0.2) is 45.4 Å². The summed E-state index contributed by atoms with van der Waals surface area (Å²) in [5.41, 5.74) is 1.41. The molecule has 30 heavy (non-hydrogen) atoms. The lowest BCUT2D eigenvalue weighted by Gasteiger charge is -2.26. The fraction of sp³-hybridized carbons (Fsp3) is 0.409. The van der Waals surface area contributed by atoms with Gasteiger partial charge in [-0.15, -0.1) is 0 Å². The Labute approximate surface area is 178 Å². The van der Waals surface area contributed by atoms with Crippen LogP contribution < -0.4 is 14.8 Å². The van der Waals surface area contributed by atoms with Crippen molar-refractivity contribution in [1.82, 2.24) is 4.31 Å². The smallest absolute Gasteiger partial charge is 0.262 e. The number of nitrogens with zero attached hydrogens (tertiary/aromatic N) is 1. The normalized spacial score (nSPS) is 14.9. The quantitative estimate of drug-likeness (QED) is 0.691. The Morgan fingerprint density at radius 3 is 2.57 bits per heavy atom. The van der Waals surface area contributed by atoms with Crippen molar-refractivity contribution in [2.24, 2.45) is 0 Å². The van der Waals surface area contributed by atoms with Crippen LogP contribution in [0.3, 0.4) is 0 Å². The van der Waals surface area contributed by atoms with Crippen molar-refractivity contribution in [3.63, 3.8) is 0 Å². The third-order valence-electron chi connectivity index (χ3n) is 5.07. The summed E-state index contributed by atoms with van der Waals surface area (Å²) in [6.07, 6.45) is 3.63. The molecule has 1 saturated heterocycles. The van der Waals surface area contributed by atoms with E-state index in [9.17, 15) is 13.2 Å². The van der Waals surface area contributed by atoms with Crippen molar-refractivity contribution < 1.29 is 22.7 Å². The van der Waals surface area contributed by atoms with E-state index >= 15 is 0 Å². The number of hydrogen-bond donors (Lipinski definition) is 1. The molecule has 3 rings (SSSR count). The number of nitrogens with one attached hydrogen (secondary N) is 1. The highest BCUT2D eigenvalue weighted by atomic mass is 32.2. The van der Waals surface area contributed by atoms with E-state index in [1.807, 2.05) is 25.1 Å². The van der Waals surface area contributed by atoms with Crippen molar-refractivity contribution in [1.29, 1.82) is 0 Å². The number of sulfonamides is 1. The number of carbonyl (C=O) groups excluding carboxylic acids is 1. The van der Waals surface area contributed by atoms with Crippen molar-refractivity contribution >= 4 is 21.6 Å². The van der Waals surface area contributed by atoms with Gasteiger partial charge in [0, 0.05) is 13.1 Å². The van der Waals surface area contributed by atoms with Crippen molar-refractivity contribution in [3.8, 4) is 11.5 Å². The zero-order valence-electron chi connectivity index (χ0n) is 17.4. The summed E-state index contributed by atoms with van der Waals surface area (Å²) in [7, 11) is -2.14. The van der Waals surface area contributed by atoms with Crippen LogP contribution in [0.5, 0.6) is 11.5 Å². The molecule has 0 spiro atoms. The minimum Gasteiger partial charge on any atom is -0.495 e. The van der Waals surface area contributed by atoms with Crippen LogP contribution >= 0.6 is 0 Å². The highest BCUT2D eigenvalue weighted by Gasteiger charge is 2.27. The third-order valence-corrected chi connectivity index (χ3v) is 6.97. The van der Waals surface area contributed by atoms with E-state index < -0.39 is 15.9 Å². The molecule has 1 fully saturated rings. The van der Waals surface area contributed by atoms with Gasteiger partial charge >= 0.3 is 0 Å². The number of piperidine rings is 1. The summed E-state index contributed by atoms with van der Waals surface area (Å²) in [6, 6.07) is 12.1. The van der Waals surface area contributed by atoms with E-state index in [4.69, 9.17) is 9.47 Å². The lowest BCUT2D eigenvalue weighted by molar-refractivity contribution is -0.118. The molecule has 0 saturated carbocycles. The maximum atomic E-state index is 12.9. The number of carbonyl (C=O) groups is 1. The number of rotatable bonds is 8. The molecule has 1 aliphatic rings. The van der Waals surface area contributed by atoms with E-state index in [0.29, 0.717) is 30.3 Å². The molecule has 162 valence electrons. The van der Waals surface area contributed by atoms with Gasteiger partial charge in [-0.2, -0.15) is 4.31 Å². The first kappa shape index (κ1) is 22.1. The van der Waals surface area contributed by atoms with Gasteiger partial charge in [0.2, 0.25) is 10.0 Å². The predicted molar refractivity (Wildman–Crippen MR) is 116 cm³/mol. The van der Waals surface area contributed by atoms with Gasteiger partial charge in [0.1, 0.15) is 11.5 Å². The van der Waals surface area contributed by atoms with Crippen molar-refractivity contribution in [3.05, 3.63) is 48.0 Å². The van der Waals surface area contributed by atoms with Gasteiger partial charge in [-0.25, -0.2) is 8.42 Å². The van der Waals surface area contributed by atoms with Gasteiger partial charge in [0.15, 0.2) is 6.61 Å². The third kappa shape index (κ3) is 5.31. The second-order valence-electron chi connectivity index (χ2n) is 7.16. The standard InChI is InChI=1S/C22H28N2O5S/c1-3-17-8-7-9-18(14-17)29-16-22(25)23-20-15-19(10-11-21(20)28-2)30(26,27)24-12-5-4-6-13-24/h7-11,14-15H,3-6,12-13,16H2,1-2H3,(H,23,25). The minimum atomic E-state index is -3.61. The molecule has 0 aromatic heterocycles. The summed E-state index contributed by atoms with van der Waals surface area (Å²) >= 11 is 0. The molecule has 0 aliphatic carbocycles. The summed E-state index contributed by atoms with van der Waals surface area (Å²) in [5, 5.41) is 2.70. The zero-order valence-corrected chi connectivity index (χ0v) is 18.2. The van der Waals surface area contributed by atoms with Crippen LogP contribution in [0.2, 0.25) is 0 Å². The second-order valence-corrected chi connectivity index (χ2v) is 9.10. The van der Waals surface area contributed by atoms with Gasteiger partial charge in [-0.05, 0) is 55.2 Å². The number of hydrogen-bond acceptors (Lipinski definition) is 5. The zero-order chi connectivity index (χ0) is 21.6. The van der Waals surface area contributed by atoms with E-state index in [1.54, 1.807) is 12.1 Å². The van der Waals surface area contributed by atoms with E-state index in [2.05, 4.69) is 5.32 Å². The molecule has 0 radical (unpaired) electrons. The van der Waals surface area contributed by atoms with Crippen LogP contribution in [-0.2, 0) is 21.2 Å². The number of amides is 1. The Balaban J connectivity index is 1.72. The second kappa shape index (κ2) is 9.95. The SMILES string of the molecule is CCc1cccc(OCC(=O)Nc2cc(S(=O)(=O)N3CCCCC3)ccc2OC)c1. The van der Waals surface area contributed by atoms with Crippen LogP contribution in [0, 0.1) is 0 Å². The first-order valence-electron chi connectivity index (χ1n) is 10.1. The van der Waals surface area contributed by atoms with E-state index in [1.165, 1.54) is 23.5 Å². The van der Waals surface area contributed by atoms with Crippen molar-refractivity contribution in [2.45, 2.75) is 37.5 Å². The molecule has 2 aromatic rings. The topological polar surface area (TPSA) is 84.9 Å². The number of methoxy groups -OCH3 is 1. The largest absolute Gasteiger partial charge is 0.495 e. The Kier molecular flexibility index (Phi) is 7.33. The first-order valence-corrected chi connectivity index (χ1v) is 11.6. The molecule has 2 aromatic carbocycles. The fourth-order valence-electron chi connectivity index (χ4n) is 3.39. The van der Waals surface area contributed by atoms with Crippen LogP contribution in [0.15, 0.2) is 47.4 Å². The Morgan fingerprint density at radius 2 is 1.87 bits per heavy atom. The van der Waals surface area contributed by atoms with Crippen molar-refractivity contribution in [2.75, 3.05) is 32.1 Å². The van der Waals surface area contributed by atoms with Gasteiger partial charge in [0.25, 0.3) is 5.91 Å². The Bertz CT molecular complexity index is 985. The molecule has 1 heterocycles. The lowest BCUT2D eigenvalue weighted by atomic mass is 10.2.